The van der Waals surface area contributed by atoms with Crippen LogP contribution in [0.15, 0.2) is 28.7 Å². The highest BCUT2D eigenvalue weighted by atomic mass is 79.9. The lowest BCUT2D eigenvalue weighted by Gasteiger charge is -2.25. The normalized spacial score (nSPS) is 10.4. The second-order valence-corrected chi connectivity index (χ2v) is 5.48. The van der Waals surface area contributed by atoms with E-state index in [1.54, 1.807) is 17.0 Å². The number of carbonyl (C=O) groups is 2. The molecular weight excluding hydrogens is 308 g/mol. The molecule has 0 radical (unpaired) electrons. The number of hydrogen-bond acceptors (Lipinski definition) is 2. The molecule has 1 N–H and O–H groups in total. The average Bonchev–Trinajstić information content (AvgIpc) is 2.34. The van der Waals surface area contributed by atoms with Gasteiger partial charge in [-0.3, -0.25) is 9.59 Å². The predicted octanol–water partition coefficient (Wildman–Crippen LogP) is 2.44. The first-order valence-electron chi connectivity index (χ1n) is 6.22. The van der Waals surface area contributed by atoms with Crippen molar-refractivity contribution in [3.8, 4) is 0 Å². The van der Waals surface area contributed by atoms with E-state index in [1.165, 1.54) is 6.92 Å². The van der Waals surface area contributed by atoms with Crippen LogP contribution >= 0.6 is 15.9 Å². The topological polar surface area (TPSA) is 49.4 Å². The first-order chi connectivity index (χ1) is 8.91. The van der Waals surface area contributed by atoms with Gasteiger partial charge >= 0.3 is 0 Å². The molecule has 0 spiro atoms. The number of halogens is 1. The van der Waals surface area contributed by atoms with Crippen LogP contribution in [0.4, 0.5) is 0 Å². The molecule has 104 valence electrons. The Bertz CT molecular complexity index is 443. The number of nitrogens with one attached hydrogen (secondary N) is 1. The molecule has 4 nitrogen and oxygen atoms in total. The molecule has 19 heavy (non-hydrogen) atoms. The van der Waals surface area contributed by atoms with Crippen LogP contribution in [-0.4, -0.2) is 35.8 Å². The summed E-state index contributed by atoms with van der Waals surface area (Å²) < 4.78 is 0.937. The summed E-state index contributed by atoms with van der Waals surface area (Å²) >= 11 is 3.32. The molecule has 0 aliphatic carbocycles. The smallest absolute Gasteiger partial charge is 0.251 e. The molecule has 0 heterocycles. The molecule has 1 aromatic carbocycles. The van der Waals surface area contributed by atoms with E-state index in [-0.39, 0.29) is 17.9 Å². The fraction of sp³-hybridized carbons (Fsp3) is 0.429. The molecule has 0 atom stereocenters. The molecule has 0 unspecified atom stereocenters. The van der Waals surface area contributed by atoms with Crippen LogP contribution < -0.4 is 5.32 Å². The summed E-state index contributed by atoms with van der Waals surface area (Å²) in [6.07, 6.45) is 0. The maximum absolute atomic E-state index is 11.8. The third-order valence-corrected chi connectivity index (χ3v) is 3.30. The van der Waals surface area contributed by atoms with Gasteiger partial charge in [-0.15, -0.1) is 0 Å². The number of nitrogens with zero attached hydrogens (tertiary/aromatic N) is 1. The van der Waals surface area contributed by atoms with Crippen molar-refractivity contribution in [2.75, 3.05) is 13.1 Å². The third kappa shape index (κ3) is 5.03. The Labute approximate surface area is 122 Å². The number of hydrogen-bond donors (Lipinski definition) is 1. The quantitative estimate of drug-likeness (QED) is 0.903. The van der Waals surface area contributed by atoms with Crippen molar-refractivity contribution in [2.45, 2.75) is 26.8 Å². The maximum Gasteiger partial charge on any atom is 0.251 e. The number of carbonyl (C=O) groups excluding carboxylic acids is 2. The third-order valence-electron chi connectivity index (χ3n) is 2.77. The Kier molecular flexibility index (Phi) is 6.02. The van der Waals surface area contributed by atoms with Gasteiger partial charge in [0.2, 0.25) is 5.91 Å². The number of rotatable bonds is 5. The molecule has 1 rings (SSSR count). The van der Waals surface area contributed by atoms with Gasteiger partial charge in [-0.25, -0.2) is 0 Å². The zero-order valence-electron chi connectivity index (χ0n) is 11.4. The molecule has 0 aliphatic heterocycles. The van der Waals surface area contributed by atoms with Gasteiger partial charge in [0.15, 0.2) is 0 Å². The molecule has 2 amide bonds. The van der Waals surface area contributed by atoms with Crippen molar-refractivity contribution < 1.29 is 9.59 Å². The molecule has 0 aliphatic rings. The predicted molar refractivity (Wildman–Crippen MR) is 79.0 cm³/mol. The maximum atomic E-state index is 11.8. The van der Waals surface area contributed by atoms with Gasteiger partial charge in [0.25, 0.3) is 5.91 Å². The van der Waals surface area contributed by atoms with Crippen LogP contribution in [0.1, 0.15) is 31.1 Å². The van der Waals surface area contributed by atoms with E-state index < -0.39 is 0 Å². The van der Waals surface area contributed by atoms with Crippen molar-refractivity contribution in [2.24, 2.45) is 0 Å². The van der Waals surface area contributed by atoms with Crippen LogP contribution in [0.25, 0.3) is 0 Å². The lowest BCUT2D eigenvalue weighted by atomic mass is 10.2. The minimum Gasteiger partial charge on any atom is -0.350 e. The van der Waals surface area contributed by atoms with E-state index >= 15 is 0 Å². The monoisotopic (exact) mass is 326 g/mol. The Morgan fingerprint density at radius 1 is 1.26 bits per heavy atom. The highest BCUT2D eigenvalue weighted by molar-refractivity contribution is 9.10. The van der Waals surface area contributed by atoms with Crippen LogP contribution in [0.3, 0.4) is 0 Å². The standard InChI is InChI=1S/C14H19BrN2O2/c1-10(2)17(11(3)18)9-8-16-14(19)12-4-6-13(15)7-5-12/h4-7,10H,8-9H2,1-3H3,(H,16,19). The van der Waals surface area contributed by atoms with E-state index in [0.717, 1.165) is 4.47 Å². The Hall–Kier alpha value is -1.36. The lowest BCUT2D eigenvalue weighted by molar-refractivity contribution is -0.130. The second kappa shape index (κ2) is 7.28. The van der Waals surface area contributed by atoms with Gasteiger partial charge in [-0.05, 0) is 38.1 Å². The van der Waals surface area contributed by atoms with Crippen LogP contribution in [0.2, 0.25) is 0 Å². The zero-order valence-corrected chi connectivity index (χ0v) is 13.0. The fourth-order valence-electron chi connectivity index (χ4n) is 1.77. The second-order valence-electron chi connectivity index (χ2n) is 4.57. The van der Waals surface area contributed by atoms with Crippen LogP contribution in [0.5, 0.6) is 0 Å². The molecular formula is C14H19BrN2O2. The minimum absolute atomic E-state index is 0.0212. The van der Waals surface area contributed by atoms with Gasteiger partial charge in [0.1, 0.15) is 0 Å². The molecule has 1 aromatic rings. The molecule has 0 saturated heterocycles. The van der Waals surface area contributed by atoms with Crippen molar-refractivity contribution >= 4 is 27.7 Å². The van der Waals surface area contributed by atoms with Gasteiger partial charge in [-0.1, -0.05) is 15.9 Å². The fourth-order valence-corrected chi connectivity index (χ4v) is 2.04. The van der Waals surface area contributed by atoms with Gasteiger partial charge in [0, 0.05) is 36.1 Å². The highest BCUT2D eigenvalue weighted by Crippen LogP contribution is 2.10. The van der Waals surface area contributed by atoms with Crippen LogP contribution in [-0.2, 0) is 4.79 Å². The largest absolute Gasteiger partial charge is 0.350 e. The molecule has 0 fully saturated rings. The van der Waals surface area contributed by atoms with Crippen molar-refractivity contribution in [3.63, 3.8) is 0 Å². The Morgan fingerprint density at radius 3 is 2.32 bits per heavy atom. The zero-order chi connectivity index (χ0) is 14.4. The molecule has 0 bridgehead atoms. The highest BCUT2D eigenvalue weighted by Gasteiger charge is 2.12. The van der Waals surface area contributed by atoms with Crippen LogP contribution in [0, 0.1) is 0 Å². The van der Waals surface area contributed by atoms with Crippen molar-refractivity contribution in [1.29, 1.82) is 0 Å². The van der Waals surface area contributed by atoms with E-state index in [2.05, 4.69) is 21.2 Å². The van der Waals surface area contributed by atoms with Crippen molar-refractivity contribution in [1.82, 2.24) is 10.2 Å². The summed E-state index contributed by atoms with van der Waals surface area (Å²) in [5.74, 6) is -0.104. The summed E-state index contributed by atoms with van der Waals surface area (Å²) in [6, 6.07) is 7.30. The minimum atomic E-state index is -0.125. The van der Waals surface area contributed by atoms with Gasteiger partial charge in [0.05, 0.1) is 0 Å². The van der Waals surface area contributed by atoms with Gasteiger partial charge < -0.3 is 10.2 Å². The SMILES string of the molecule is CC(=O)N(CCNC(=O)c1ccc(Br)cc1)C(C)C. The summed E-state index contributed by atoms with van der Waals surface area (Å²) in [4.78, 5) is 24.9. The van der Waals surface area contributed by atoms with Crippen molar-refractivity contribution in [3.05, 3.63) is 34.3 Å². The summed E-state index contributed by atoms with van der Waals surface area (Å²) in [7, 11) is 0. The molecule has 0 aromatic heterocycles. The summed E-state index contributed by atoms with van der Waals surface area (Å²) in [6.45, 7) is 6.42. The first kappa shape index (κ1) is 15.7. The number of amides is 2. The average molecular weight is 327 g/mol. The lowest BCUT2D eigenvalue weighted by Crippen LogP contribution is -2.41. The number of benzene rings is 1. The first-order valence-corrected chi connectivity index (χ1v) is 7.02. The van der Waals surface area contributed by atoms with E-state index in [0.29, 0.717) is 18.7 Å². The summed E-state index contributed by atoms with van der Waals surface area (Å²) in [5, 5.41) is 2.81. The Morgan fingerprint density at radius 2 is 1.84 bits per heavy atom. The van der Waals surface area contributed by atoms with E-state index in [1.807, 2.05) is 26.0 Å². The molecule has 5 heteroatoms. The molecule has 0 saturated carbocycles. The Balaban J connectivity index is 2.46. The van der Waals surface area contributed by atoms with Gasteiger partial charge in [-0.2, -0.15) is 0 Å². The van der Waals surface area contributed by atoms with E-state index in [4.69, 9.17) is 0 Å². The van der Waals surface area contributed by atoms with E-state index in [9.17, 15) is 9.59 Å². The summed E-state index contributed by atoms with van der Waals surface area (Å²) in [5.41, 5.74) is 0.613.